The largest absolute Gasteiger partial charge is 0.386 e. The van der Waals surface area contributed by atoms with E-state index >= 15 is 0 Å². The van der Waals surface area contributed by atoms with E-state index in [0.29, 0.717) is 0 Å². The summed E-state index contributed by atoms with van der Waals surface area (Å²) in [4.78, 5) is 0. The minimum absolute atomic E-state index is 0.421. The smallest absolute Gasteiger partial charge is 0.0993 e. The Balaban J connectivity index is 2.27. The van der Waals surface area contributed by atoms with Crippen LogP contribution >= 0.6 is 15.9 Å². The summed E-state index contributed by atoms with van der Waals surface area (Å²) < 4.78 is 0.874. The lowest BCUT2D eigenvalue weighted by molar-refractivity contribution is 0.146. The van der Waals surface area contributed by atoms with Crippen molar-refractivity contribution in [2.24, 2.45) is 5.73 Å². The number of halogens is 1. The average molecular weight is 292 g/mol. The fourth-order valence-electron chi connectivity index (χ4n) is 1.77. The van der Waals surface area contributed by atoms with Crippen LogP contribution in [0.25, 0.3) is 0 Å². The number of nitrogens with two attached hydrogens (primary N) is 1. The first-order valence-corrected chi connectivity index (χ1v) is 6.22. The van der Waals surface area contributed by atoms with Gasteiger partial charge in [-0.2, -0.15) is 0 Å². The second-order valence-corrected chi connectivity index (χ2v) is 4.76. The summed E-state index contributed by atoms with van der Waals surface area (Å²) >= 11 is 3.42. The number of aliphatic hydroxyl groups excluding tert-OH is 1. The quantitative estimate of drug-likeness (QED) is 0.912. The molecule has 0 aliphatic rings. The lowest BCUT2D eigenvalue weighted by Gasteiger charge is -2.20. The molecular weight excluding hydrogens is 278 g/mol. The van der Waals surface area contributed by atoms with Gasteiger partial charge in [0.2, 0.25) is 0 Å². The third-order valence-corrected chi connectivity index (χ3v) is 3.47. The van der Waals surface area contributed by atoms with Gasteiger partial charge in [-0.25, -0.2) is 0 Å². The SMILES string of the molecule is NC(c1ccccc1)C(O)c1ccccc1Br. The number of rotatable bonds is 3. The van der Waals surface area contributed by atoms with Crippen LogP contribution < -0.4 is 5.73 Å². The molecule has 0 radical (unpaired) electrons. The first-order chi connectivity index (χ1) is 8.20. The maximum Gasteiger partial charge on any atom is 0.0993 e. The van der Waals surface area contributed by atoms with Gasteiger partial charge in [0.05, 0.1) is 12.1 Å². The normalized spacial score (nSPS) is 14.3. The fourth-order valence-corrected chi connectivity index (χ4v) is 2.29. The maximum absolute atomic E-state index is 10.3. The van der Waals surface area contributed by atoms with Gasteiger partial charge in [-0.3, -0.25) is 0 Å². The summed E-state index contributed by atoms with van der Waals surface area (Å²) in [6, 6.07) is 16.8. The van der Waals surface area contributed by atoms with E-state index in [1.165, 1.54) is 0 Å². The van der Waals surface area contributed by atoms with Crippen molar-refractivity contribution in [3.8, 4) is 0 Å². The predicted molar refractivity (Wildman–Crippen MR) is 72.5 cm³/mol. The van der Waals surface area contributed by atoms with Gasteiger partial charge in [0, 0.05) is 4.47 Å². The third-order valence-electron chi connectivity index (χ3n) is 2.75. The summed E-state index contributed by atoms with van der Waals surface area (Å²) in [7, 11) is 0. The molecule has 2 atom stereocenters. The van der Waals surface area contributed by atoms with E-state index in [4.69, 9.17) is 5.73 Å². The first-order valence-electron chi connectivity index (χ1n) is 5.43. The summed E-state index contributed by atoms with van der Waals surface area (Å²) in [5.74, 6) is 0. The van der Waals surface area contributed by atoms with Gasteiger partial charge >= 0.3 is 0 Å². The lowest BCUT2D eigenvalue weighted by Crippen LogP contribution is -2.19. The van der Waals surface area contributed by atoms with Crippen LogP contribution in [0.15, 0.2) is 59.1 Å². The summed E-state index contributed by atoms with van der Waals surface area (Å²) in [6.45, 7) is 0. The van der Waals surface area contributed by atoms with Gasteiger partial charge in [0.1, 0.15) is 0 Å². The van der Waals surface area contributed by atoms with Crippen molar-refractivity contribution in [1.82, 2.24) is 0 Å². The average Bonchev–Trinajstić information content (AvgIpc) is 2.39. The zero-order valence-electron chi connectivity index (χ0n) is 9.25. The van der Waals surface area contributed by atoms with E-state index < -0.39 is 12.1 Å². The molecule has 2 rings (SSSR count). The molecule has 0 aliphatic heterocycles. The highest BCUT2D eigenvalue weighted by atomic mass is 79.9. The molecular formula is C14H14BrNO. The summed E-state index contributed by atoms with van der Waals surface area (Å²) in [5, 5.41) is 10.3. The monoisotopic (exact) mass is 291 g/mol. The Labute approximate surface area is 109 Å². The number of aliphatic hydroxyl groups is 1. The molecule has 2 nitrogen and oxygen atoms in total. The highest BCUT2D eigenvalue weighted by Gasteiger charge is 2.20. The van der Waals surface area contributed by atoms with Gasteiger partial charge in [0.25, 0.3) is 0 Å². The molecule has 0 saturated carbocycles. The van der Waals surface area contributed by atoms with Crippen LogP contribution in [-0.2, 0) is 0 Å². The molecule has 0 saturated heterocycles. The zero-order valence-corrected chi connectivity index (χ0v) is 10.8. The van der Waals surface area contributed by atoms with Crippen molar-refractivity contribution >= 4 is 15.9 Å². The summed E-state index contributed by atoms with van der Waals surface area (Å²) in [5.41, 5.74) is 7.80. The first kappa shape index (κ1) is 12.3. The lowest BCUT2D eigenvalue weighted by atomic mass is 9.97. The van der Waals surface area contributed by atoms with E-state index in [9.17, 15) is 5.11 Å². The van der Waals surface area contributed by atoms with Gasteiger partial charge in [-0.05, 0) is 17.2 Å². The Bertz CT molecular complexity index is 487. The van der Waals surface area contributed by atoms with Crippen molar-refractivity contribution in [2.75, 3.05) is 0 Å². The number of hydrogen-bond acceptors (Lipinski definition) is 2. The molecule has 0 fully saturated rings. The highest BCUT2D eigenvalue weighted by molar-refractivity contribution is 9.10. The van der Waals surface area contributed by atoms with Crippen molar-refractivity contribution in [1.29, 1.82) is 0 Å². The molecule has 2 aromatic rings. The Morgan fingerprint density at radius 1 is 0.941 bits per heavy atom. The van der Waals surface area contributed by atoms with E-state index in [-0.39, 0.29) is 0 Å². The second kappa shape index (κ2) is 5.45. The van der Waals surface area contributed by atoms with E-state index in [1.54, 1.807) is 0 Å². The molecule has 17 heavy (non-hydrogen) atoms. The summed E-state index contributed by atoms with van der Waals surface area (Å²) in [6.07, 6.45) is -0.715. The molecule has 0 heterocycles. The van der Waals surface area contributed by atoms with Gasteiger partial charge in [-0.15, -0.1) is 0 Å². The molecule has 3 heteroatoms. The van der Waals surface area contributed by atoms with Crippen LogP contribution in [0.2, 0.25) is 0 Å². The van der Waals surface area contributed by atoms with Crippen LogP contribution in [0.1, 0.15) is 23.3 Å². The van der Waals surface area contributed by atoms with Crippen molar-refractivity contribution < 1.29 is 5.11 Å². The van der Waals surface area contributed by atoms with Crippen LogP contribution in [0.5, 0.6) is 0 Å². The third kappa shape index (κ3) is 2.75. The van der Waals surface area contributed by atoms with E-state index in [2.05, 4.69) is 15.9 Å². The molecule has 0 amide bonds. The van der Waals surface area contributed by atoms with Crippen LogP contribution in [0.3, 0.4) is 0 Å². The predicted octanol–water partition coefficient (Wildman–Crippen LogP) is 3.18. The van der Waals surface area contributed by atoms with Gasteiger partial charge < -0.3 is 10.8 Å². The molecule has 2 unspecified atom stereocenters. The topological polar surface area (TPSA) is 46.2 Å². The Morgan fingerprint density at radius 2 is 1.53 bits per heavy atom. The van der Waals surface area contributed by atoms with Crippen LogP contribution in [0, 0.1) is 0 Å². The van der Waals surface area contributed by atoms with Crippen molar-refractivity contribution in [3.63, 3.8) is 0 Å². The van der Waals surface area contributed by atoms with Crippen molar-refractivity contribution in [2.45, 2.75) is 12.1 Å². The van der Waals surface area contributed by atoms with Crippen LogP contribution in [-0.4, -0.2) is 5.11 Å². The molecule has 0 bridgehead atoms. The number of benzene rings is 2. The fraction of sp³-hybridized carbons (Fsp3) is 0.143. The highest BCUT2D eigenvalue weighted by Crippen LogP contribution is 2.31. The zero-order chi connectivity index (χ0) is 12.3. The molecule has 88 valence electrons. The molecule has 0 spiro atoms. The van der Waals surface area contributed by atoms with Gasteiger partial charge in [-0.1, -0.05) is 64.5 Å². The Morgan fingerprint density at radius 3 is 2.18 bits per heavy atom. The molecule has 3 N–H and O–H groups in total. The minimum atomic E-state index is -0.715. The maximum atomic E-state index is 10.3. The molecule has 0 aliphatic carbocycles. The van der Waals surface area contributed by atoms with Crippen molar-refractivity contribution in [3.05, 3.63) is 70.2 Å². The molecule has 0 aromatic heterocycles. The standard InChI is InChI=1S/C14H14BrNO/c15-12-9-5-4-8-11(12)14(17)13(16)10-6-2-1-3-7-10/h1-9,13-14,17H,16H2. The number of hydrogen-bond donors (Lipinski definition) is 2. The molecule has 2 aromatic carbocycles. The Kier molecular flexibility index (Phi) is 3.94. The van der Waals surface area contributed by atoms with Crippen LogP contribution in [0.4, 0.5) is 0 Å². The Hall–Kier alpha value is -1.16. The van der Waals surface area contributed by atoms with E-state index in [1.807, 2.05) is 54.6 Å². The minimum Gasteiger partial charge on any atom is -0.386 e. The van der Waals surface area contributed by atoms with Gasteiger partial charge in [0.15, 0.2) is 0 Å². The second-order valence-electron chi connectivity index (χ2n) is 3.90. The van der Waals surface area contributed by atoms with E-state index in [0.717, 1.165) is 15.6 Å².